The number of sulfone groups is 1. The van der Waals surface area contributed by atoms with E-state index >= 15 is 0 Å². The van der Waals surface area contributed by atoms with Crippen LogP contribution >= 0.6 is 35.0 Å². The predicted octanol–water partition coefficient (Wildman–Crippen LogP) is 4.84. The number of amides is 1. The third-order valence-electron chi connectivity index (χ3n) is 7.78. The van der Waals surface area contributed by atoms with Crippen molar-refractivity contribution in [3.8, 4) is 23.2 Å². The molecule has 1 aliphatic heterocycles. The van der Waals surface area contributed by atoms with E-state index in [1.807, 2.05) is 35.2 Å². The first-order valence-corrected chi connectivity index (χ1v) is 18.6. The number of halogens is 2. The van der Waals surface area contributed by atoms with Crippen molar-refractivity contribution in [1.82, 2.24) is 24.9 Å². The minimum absolute atomic E-state index is 0.0337. The van der Waals surface area contributed by atoms with Crippen molar-refractivity contribution in [2.24, 2.45) is 0 Å². The van der Waals surface area contributed by atoms with Gasteiger partial charge < -0.3 is 20.2 Å². The molecule has 18 heteroatoms. The number of rotatable bonds is 12. The zero-order valence-electron chi connectivity index (χ0n) is 26.6. The molecule has 14 nitrogen and oxygen atoms in total. The molecule has 3 heterocycles. The number of nitrogens with one attached hydrogen (secondary N) is 1. The number of hydrogen-bond donors (Lipinski definition) is 1. The Morgan fingerprint density at radius 2 is 1.73 bits per heavy atom. The Labute approximate surface area is 307 Å². The van der Waals surface area contributed by atoms with Crippen molar-refractivity contribution in [1.29, 1.82) is 5.26 Å². The van der Waals surface area contributed by atoms with E-state index in [-0.39, 0.29) is 39.4 Å². The summed E-state index contributed by atoms with van der Waals surface area (Å²) in [4.78, 5) is 26.0. The van der Waals surface area contributed by atoms with E-state index in [0.717, 1.165) is 11.8 Å². The van der Waals surface area contributed by atoms with Crippen LogP contribution in [0.5, 0.6) is 5.88 Å². The molecule has 0 atom stereocenters. The molecular formula is C33H28Cl2N8O6S2. The van der Waals surface area contributed by atoms with Crippen LogP contribution in [0.15, 0.2) is 98.6 Å². The van der Waals surface area contributed by atoms with Gasteiger partial charge in [-0.1, -0.05) is 83.5 Å². The van der Waals surface area contributed by atoms with Crippen molar-refractivity contribution in [3.05, 3.63) is 99.7 Å². The van der Waals surface area contributed by atoms with Crippen LogP contribution < -0.4 is 15.0 Å². The molecule has 262 valence electrons. The monoisotopic (exact) mass is 766 g/mol. The number of piperazine rings is 1. The Morgan fingerprint density at radius 1 is 1.02 bits per heavy atom. The SMILES string of the molecule is N#Cc1c(Nc2ccc(Cl)c(Cl)c2)nc(SCC(=O)N2CCN(CCOc3no[n+]([O-])c3S(=O)(=O)c3ccccc3)CC2)nc1-c1ccccc1. The van der Waals surface area contributed by atoms with Crippen molar-refractivity contribution >= 4 is 62.2 Å². The highest BCUT2D eigenvalue weighted by atomic mass is 35.5. The van der Waals surface area contributed by atoms with Gasteiger partial charge in [0.1, 0.15) is 18.2 Å². The molecule has 6 rings (SSSR count). The molecule has 1 N–H and O–H groups in total. The summed E-state index contributed by atoms with van der Waals surface area (Å²) in [6.45, 7) is 2.41. The molecule has 1 amide bonds. The van der Waals surface area contributed by atoms with E-state index in [1.54, 1.807) is 29.2 Å². The first kappa shape index (κ1) is 35.9. The minimum Gasteiger partial charge on any atom is -0.453 e. The first-order valence-electron chi connectivity index (χ1n) is 15.4. The Kier molecular flexibility index (Phi) is 11.2. The second kappa shape index (κ2) is 16.0. The number of ether oxygens (including phenoxy) is 1. The number of carbonyl (C=O) groups excluding carboxylic acids is 1. The van der Waals surface area contributed by atoms with E-state index in [0.29, 0.717) is 64.9 Å². The molecule has 1 fully saturated rings. The van der Waals surface area contributed by atoms with Gasteiger partial charge >= 0.3 is 10.9 Å². The Bertz CT molecular complexity index is 2180. The lowest BCUT2D eigenvalue weighted by molar-refractivity contribution is -0.832. The summed E-state index contributed by atoms with van der Waals surface area (Å²) in [6, 6.07) is 23.9. The van der Waals surface area contributed by atoms with E-state index < -0.39 is 20.7 Å². The standard InChI is InChI=1S/C33H28Cl2N8O6S2/c34-26-12-11-23(19-27(26)35)37-30-25(20-36)29(22-7-3-1-4-8-22)38-33(39-30)50-21-28(44)42-15-13-41(14-16-42)17-18-48-31-32(43(45)49-40-31)51(46,47)24-9-5-2-6-10-24/h1-12,19H,13-18,21H2,(H,37,38,39). The number of nitriles is 1. The van der Waals surface area contributed by atoms with Crippen LogP contribution in [0.4, 0.5) is 11.5 Å². The van der Waals surface area contributed by atoms with E-state index in [2.05, 4.69) is 31.1 Å². The van der Waals surface area contributed by atoms with Crippen LogP contribution in [0, 0.1) is 16.5 Å². The van der Waals surface area contributed by atoms with Crippen LogP contribution in [0.2, 0.25) is 10.0 Å². The number of anilines is 2. The van der Waals surface area contributed by atoms with Gasteiger partial charge in [-0.3, -0.25) is 14.3 Å². The Balaban J connectivity index is 1.06. The fourth-order valence-electron chi connectivity index (χ4n) is 5.17. The normalized spacial score (nSPS) is 13.5. The quantitative estimate of drug-likeness (QED) is 0.104. The number of hydrogen-bond acceptors (Lipinski definition) is 13. The van der Waals surface area contributed by atoms with Gasteiger partial charge in [-0.05, 0) is 35.2 Å². The summed E-state index contributed by atoms with van der Waals surface area (Å²) in [5.41, 5.74) is 1.93. The highest BCUT2D eigenvalue weighted by molar-refractivity contribution is 7.99. The van der Waals surface area contributed by atoms with Crippen molar-refractivity contribution in [2.75, 3.05) is 50.4 Å². The molecule has 0 bridgehead atoms. The molecule has 0 radical (unpaired) electrons. The van der Waals surface area contributed by atoms with E-state index in [9.17, 15) is 23.7 Å². The molecule has 1 aliphatic rings. The number of aromatic nitrogens is 4. The highest BCUT2D eigenvalue weighted by Gasteiger charge is 2.36. The van der Waals surface area contributed by atoms with Crippen LogP contribution in [0.25, 0.3) is 11.3 Å². The molecule has 3 aromatic carbocycles. The van der Waals surface area contributed by atoms with Crippen LogP contribution in [0.1, 0.15) is 5.56 Å². The summed E-state index contributed by atoms with van der Waals surface area (Å²) in [5.74, 6) is -0.205. The molecule has 0 saturated carbocycles. The highest BCUT2D eigenvalue weighted by Crippen LogP contribution is 2.33. The third kappa shape index (κ3) is 8.35. The van der Waals surface area contributed by atoms with Crippen LogP contribution in [-0.2, 0) is 14.6 Å². The topological polar surface area (TPSA) is 181 Å². The van der Waals surface area contributed by atoms with Crippen LogP contribution in [-0.4, -0.2) is 84.3 Å². The zero-order chi connectivity index (χ0) is 36.0. The fraction of sp³-hybridized carbons (Fsp3) is 0.212. The summed E-state index contributed by atoms with van der Waals surface area (Å²) < 4.78 is 36.1. The minimum atomic E-state index is -4.22. The number of benzene rings is 3. The van der Waals surface area contributed by atoms with Gasteiger partial charge in [0, 0.05) is 44.0 Å². The lowest BCUT2D eigenvalue weighted by Gasteiger charge is -2.34. The van der Waals surface area contributed by atoms with Gasteiger partial charge in [0.25, 0.3) is 9.84 Å². The maximum Gasteiger partial charge on any atom is 0.415 e. The van der Waals surface area contributed by atoms with Gasteiger partial charge in [-0.2, -0.15) is 5.26 Å². The molecule has 1 saturated heterocycles. The Hall–Kier alpha value is -4.92. The second-order valence-corrected chi connectivity index (χ2v) is 14.6. The maximum atomic E-state index is 13.3. The van der Waals surface area contributed by atoms with E-state index in [1.165, 1.54) is 24.3 Å². The van der Waals surface area contributed by atoms with Gasteiger partial charge in [0.05, 0.1) is 31.5 Å². The summed E-state index contributed by atoms with van der Waals surface area (Å²) >= 11 is 13.4. The maximum absolute atomic E-state index is 13.3. The molecule has 5 aromatic rings. The summed E-state index contributed by atoms with van der Waals surface area (Å²) in [6.07, 6.45) is 0. The molecule has 51 heavy (non-hydrogen) atoms. The fourth-order valence-corrected chi connectivity index (χ4v) is 7.51. The zero-order valence-corrected chi connectivity index (χ0v) is 29.8. The van der Waals surface area contributed by atoms with Crippen LogP contribution in [0.3, 0.4) is 0 Å². The molecular weight excluding hydrogens is 739 g/mol. The largest absolute Gasteiger partial charge is 0.453 e. The number of carbonyl (C=O) groups is 1. The van der Waals surface area contributed by atoms with Gasteiger partial charge in [-0.25, -0.2) is 18.4 Å². The molecule has 0 unspecified atom stereocenters. The number of nitrogens with zero attached hydrogens (tertiary/aromatic N) is 7. The van der Waals surface area contributed by atoms with Crippen molar-refractivity contribution < 1.29 is 27.5 Å². The van der Waals surface area contributed by atoms with Gasteiger partial charge in [0.2, 0.25) is 5.91 Å². The summed E-state index contributed by atoms with van der Waals surface area (Å²) in [7, 11) is -4.22. The van der Waals surface area contributed by atoms with Gasteiger partial charge in [-0.15, -0.1) is 0 Å². The summed E-state index contributed by atoms with van der Waals surface area (Å²) in [5, 5.41) is 29.2. The second-order valence-electron chi connectivity index (χ2n) is 11.0. The van der Waals surface area contributed by atoms with E-state index in [4.69, 9.17) is 27.9 Å². The lowest BCUT2D eigenvalue weighted by atomic mass is 10.1. The average molecular weight is 768 g/mol. The number of thioether (sulfide) groups is 1. The first-order chi connectivity index (χ1) is 24.6. The smallest absolute Gasteiger partial charge is 0.415 e. The van der Waals surface area contributed by atoms with Gasteiger partial charge in [0.15, 0.2) is 11.0 Å². The van der Waals surface area contributed by atoms with Crippen molar-refractivity contribution in [2.45, 2.75) is 15.1 Å². The molecule has 2 aromatic heterocycles. The predicted molar refractivity (Wildman–Crippen MR) is 189 cm³/mol. The molecule has 0 aliphatic carbocycles. The average Bonchev–Trinajstić information content (AvgIpc) is 3.53. The molecule has 0 spiro atoms. The van der Waals surface area contributed by atoms with Crippen molar-refractivity contribution in [3.63, 3.8) is 0 Å². The Morgan fingerprint density at radius 3 is 2.41 bits per heavy atom. The lowest BCUT2D eigenvalue weighted by Crippen LogP contribution is -2.50. The third-order valence-corrected chi connectivity index (χ3v) is 11.1.